The van der Waals surface area contributed by atoms with Crippen molar-refractivity contribution >= 4 is 21.5 Å². The number of phenols is 1. The zero-order chi connectivity index (χ0) is 14.0. The Balaban J connectivity index is 2.49. The summed E-state index contributed by atoms with van der Waals surface area (Å²) < 4.78 is 25.8. The van der Waals surface area contributed by atoms with Gasteiger partial charge in [-0.05, 0) is 24.3 Å². The van der Waals surface area contributed by atoms with Crippen LogP contribution in [-0.2, 0) is 10.0 Å². The fourth-order valence-electron chi connectivity index (χ4n) is 1.60. The van der Waals surface area contributed by atoms with Gasteiger partial charge in [0, 0.05) is 19.3 Å². The van der Waals surface area contributed by atoms with E-state index in [-0.39, 0.29) is 16.5 Å². The fourth-order valence-corrected chi connectivity index (χ4v) is 2.85. The quantitative estimate of drug-likeness (QED) is 0.879. The molecule has 1 aromatic carbocycles. The molecule has 2 rings (SSSR count). The Hall–Kier alpha value is -2.28. The van der Waals surface area contributed by atoms with E-state index in [0.717, 1.165) is 4.31 Å². The largest absolute Gasteiger partial charge is 0.508 e. The van der Waals surface area contributed by atoms with E-state index in [0.29, 0.717) is 5.69 Å². The monoisotopic (exact) mass is 279 g/mol. The maximum Gasteiger partial charge on any atom is 0.267 e. The average Bonchev–Trinajstić information content (AvgIpc) is 2.38. The van der Waals surface area contributed by atoms with Crippen LogP contribution in [0, 0.1) is 0 Å². The van der Waals surface area contributed by atoms with Gasteiger partial charge in [-0.1, -0.05) is 6.07 Å². The topological polar surface area (TPSA) is 96.5 Å². The molecule has 0 fully saturated rings. The van der Waals surface area contributed by atoms with E-state index in [4.69, 9.17) is 5.73 Å². The van der Waals surface area contributed by atoms with Crippen LogP contribution in [0.2, 0.25) is 0 Å². The Kier molecular flexibility index (Phi) is 3.30. The predicted molar refractivity (Wildman–Crippen MR) is 72.3 cm³/mol. The molecule has 100 valence electrons. The van der Waals surface area contributed by atoms with Gasteiger partial charge < -0.3 is 10.8 Å². The van der Waals surface area contributed by atoms with Gasteiger partial charge in [0.1, 0.15) is 16.5 Å². The Labute approximate surface area is 111 Å². The summed E-state index contributed by atoms with van der Waals surface area (Å²) in [6, 6.07) is 8.83. The Morgan fingerprint density at radius 2 is 2.00 bits per heavy atom. The molecule has 19 heavy (non-hydrogen) atoms. The first-order valence-electron chi connectivity index (χ1n) is 5.41. The van der Waals surface area contributed by atoms with Gasteiger partial charge in [-0.15, -0.1) is 0 Å². The van der Waals surface area contributed by atoms with Crippen molar-refractivity contribution in [3.63, 3.8) is 0 Å². The number of sulfonamides is 1. The molecule has 0 aliphatic heterocycles. The lowest BCUT2D eigenvalue weighted by Crippen LogP contribution is -2.27. The Morgan fingerprint density at radius 1 is 1.26 bits per heavy atom. The first kappa shape index (κ1) is 13.2. The van der Waals surface area contributed by atoms with E-state index in [2.05, 4.69) is 4.98 Å². The van der Waals surface area contributed by atoms with E-state index in [1.54, 1.807) is 12.1 Å². The molecule has 7 heteroatoms. The van der Waals surface area contributed by atoms with Crippen LogP contribution in [0.15, 0.2) is 47.5 Å². The van der Waals surface area contributed by atoms with Crippen LogP contribution in [0.1, 0.15) is 0 Å². The Bertz CT molecular complexity index is 701. The third kappa shape index (κ3) is 2.45. The molecule has 0 amide bonds. The number of rotatable bonds is 3. The van der Waals surface area contributed by atoms with Crippen LogP contribution in [0.25, 0.3) is 0 Å². The highest BCUT2D eigenvalue weighted by molar-refractivity contribution is 7.93. The van der Waals surface area contributed by atoms with Gasteiger partial charge in [-0.3, -0.25) is 4.31 Å². The lowest BCUT2D eigenvalue weighted by Gasteiger charge is -2.20. The minimum atomic E-state index is -3.80. The van der Waals surface area contributed by atoms with Crippen LogP contribution in [0.5, 0.6) is 5.75 Å². The van der Waals surface area contributed by atoms with Crippen molar-refractivity contribution in [3.8, 4) is 5.75 Å². The number of anilines is 2. The summed E-state index contributed by atoms with van der Waals surface area (Å²) >= 11 is 0. The minimum absolute atomic E-state index is 0.0151. The van der Waals surface area contributed by atoms with Gasteiger partial charge in [0.2, 0.25) is 0 Å². The molecular formula is C12H13N3O3S. The van der Waals surface area contributed by atoms with E-state index >= 15 is 0 Å². The smallest absolute Gasteiger partial charge is 0.267 e. The van der Waals surface area contributed by atoms with E-state index in [1.165, 1.54) is 37.5 Å². The summed E-state index contributed by atoms with van der Waals surface area (Å²) in [6.07, 6.45) is 1.42. The summed E-state index contributed by atoms with van der Waals surface area (Å²) in [6.45, 7) is 0. The highest BCUT2D eigenvalue weighted by Gasteiger charge is 2.24. The van der Waals surface area contributed by atoms with Crippen LogP contribution < -0.4 is 10.0 Å². The molecule has 6 nitrogen and oxygen atoms in total. The number of phenolic OH excluding ortho intramolecular Hbond substituents is 1. The van der Waals surface area contributed by atoms with Gasteiger partial charge in [-0.25, -0.2) is 13.4 Å². The second kappa shape index (κ2) is 4.77. The van der Waals surface area contributed by atoms with Gasteiger partial charge in [0.25, 0.3) is 10.0 Å². The first-order valence-corrected chi connectivity index (χ1v) is 6.85. The van der Waals surface area contributed by atoms with Crippen molar-refractivity contribution in [1.29, 1.82) is 0 Å². The molecule has 0 bridgehead atoms. The second-order valence-electron chi connectivity index (χ2n) is 3.88. The van der Waals surface area contributed by atoms with Crippen LogP contribution in [0.4, 0.5) is 11.5 Å². The van der Waals surface area contributed by atoms with Crippen molar-refractivity contribution in [1.82, 2.24) is 4.98 Å². The Morgan fingerprint density at radius 3 is 2.63 bits per heavy atom. The van der Waals surface area contributed by atoms with Gasteiger partial charge in [-0.2, -0.15) is 0 Å². The summed E-state index contributed by atoms with van der Waals surface area (Å²) in [5, 5.41) is 9.39. The molecule has 0 atom stereocenters. The summed E-state index contributed by atoms with van der Waals surface area (Å²) in [5.41, 5.74) is 5.92. The molecule has 0 saturated heterocycles. The number of hydrogen-bond acceptors (Lipinski definition) is 5. The number of aromatic nitrogens is 1. The van der Waals surface area contributed by atoms with Crippen molar-refractivity contribution < 1.29 is 13.5 Å². The lowest BCUT2D eigenvalue weighted by molar-refractivity contribution is 0.475. The molecule has 0 unspecified atom stereocenters. The summed E-state index contributed by atoms with van der Waals surface area (Å²) in [5.74, 6) is -0.0757. The van der Waals surface area contributed by atoms with Crippen molar-refractivity contribution in [2.45, 2.75) is 4.90 Å². The first-order chi connectivity index (χ1) is 8.93. The van der Waals surface area contributed by atoms with E-state index < -0.39 is 10.0 Å². The summed E-state index contributed by atoms with van der Waals surface area (Å²) in [7, 11) is -2.42. The summed E-state index contributed by atoms with van der Waals surface area (Å²) in [4.78, 5) is 3.69. The normalized spacial score (nSPS) is 11.2. The molecule has 3 N–H and O–H groups in total. The number of hydrogen-bond donors (Lipinski definition) is 2. The molecular weight excluding hydrogens is 266 g/mol. The molecule has 0 radical (unpaired) electrons. The molecule has 1 heterocycles. The predicted octanol–water partition coefficient (Wildman–Crippen LogP) is 1.19. The maximum atomic E-state index is 12.4. The fraction of sp³-hybridized carbons (Fsp3) is 0.0833. The maximum absolute atomic E-state index is 12.4. The SMILES string of the molecule is CN(c1cccc(O)c1)S(=O)(=O)c1cccnc1N. The van der Waals surface area contributed by atoms with Gasteiger partial charge >= 0.3 is 0 Å². The zero-order valence-electron chi connectivity index (χ0n) is 10.2. The third-order valence-corrected chi connectivity index (χ3v) is 4.46. The van der Waals surface area contributed by atoms with Crippen molar-refractivity contribution in [3.05, 3.63) is 42.6 Å². The van der Waals surface area contributed by atoms with E-state index in [1.807, 2.05) is 0 Å². The lowest BCUT2D eigenvalue weighted by atomic mass is 10.3. The number of nitrogens with zero attached hydrogens (tertiary/aromatic N) is 2. The molecule has 0 spiro atoms. The molecule has 0 aliphatic rings. The average molecular weight is 279 g/mol. The van der Waals surface area contributed by atoms with Crippen LogP contribution >= 0.6 is 0 Å². The number of aromatic hydroxyl groups is 1. The van der Waals surface area contributed by atoms with Gasteiger partial charge in [0.15, 0.2) is 0 Å². The van der Waals surface area contributed by atoms with E-state index in [9.17, 15) is 13.5 Å². The second-order valence-corrected chi connectivity index (χ2v) is 5.82. The standard InChI is InChI=1S/C12H13N3O3S/c1-15(9-4-2-5-10(16)8-9)19(17,18)11-6-3-7-14-12(11)13/h2-8,16H,1H3,(H2,13,14). The molecule has 0 aliphatic carbocycles. The van der Waals surface area contributed by atoms with Gasteiger partial charge in [0.05, 0.1) is 5.69 Å². The number of benzene rings is 1. The highest BCUT2D eigenvalue weighted by Crippen LogP contribution is 2.26. The molecule has 2 aromatic rings. The van der Waals surface area contributed by atoms with Crippen LogP contribution in [0.3, 0.4) is 0 Å². The van der Waals surface area contributed by atoms with Crippen molar-refractivity contribution in [2.75, 3.05) is 17.1 Å². The van der Waals surface area contributed by atoms with Crippen molar-refractivity contribution in [2.24, 2.45) is 0 Å². The zero-order valence-corrected chi connectivity index (χ0v) is 11.0. The molecule has 1 aromatic heterocycles. The number of nitrogen functional groups attached to an aromatic ring is 1. The minimum Gasteiger partial charge on any atom is -0.508 e. The third-order valence-electron chi connectivity index (χ3n) is 2.63. The number of nitrogens with two attached hydrogens (primary N) is 1. The van der Waals surface area contributed by atoms with Crippen LogP contribution in [-0.4, -0.2) is 25.6 Å². The molecule has 0 saturated carbocycles. The highest BCUT2D eigenvalue weighted by atomic mass is 32.2. The number of pyridine rings is 1.